The minimum absolute atomic E-state index is 0.116. The highest BCUT2D eigenvalue weighted by Crippen LogP contribution is 2.40. The molecule has 5 rings (SSSR count). The zero-order valence-corrected chi connectivity index (χ0v) is 22.2. The van der Waals surface area contributed by atoms with Crippen molar-refractivity contribution in [1.82, 2.24) is 15.2 Å². The third kappa shape index (κ3) is 5.53. The average molecular weight is 541 g/mol. The van der Waals surface area contributed by atoms with Crippen molar-refractivity contribution in [1.29, 1.82) is 0 Å². The fraction of sp³-hybridized carbons (Fsp3) is 0.200. The van der Waals surface area contributed by atoms with Crippen LogP contribution in [0.3, 0.4) is 0 Å². The number of pyridine rings is 1. The Balaban J connectivity index is 1.42. The van der Waals surface area contributed by atoms with Crippen LogP contribution < -0.4 is 10.6 Å². The number of para-hydroxylation sites is 1. The number of nitrogens with zero attached hydrogens (tertiary/aromatic N) is 2. The number of amides is 1. The van der Waals surface area contributed by atoms with Gasteiger partial charge in [-0.25, -0.2) is 4.79 Å². The Morgan fingerprint density at radius 3 is 2.59 bits per heavy atom. The fourth-order valence-corrected chi connectivity index (χ4v) is 5.21. The van der Waals surface area contributed by atoms with Gasteiger partial charge in [0.2, 0.25) is 5.91 Å². The molecule has 2 aromatic carbocycles. The molecule has 4 aromatic rings. The lowest BCUT2D eigenvalue weighted by atomic mass is 10.0. The monoisotopic (exact) mass is 540 g/mol. The second-order valence-corrected chi connectivity index (χ2v) is 9.57. The van der Waals surface area contributed by atoms with E-state index in [1.807, 2.05) is 60.4 Å². The summed E-state index contributed by atoms with van der Waals surface area (Å²) in [5.74, 6) is -0.121. The van der Waals surface area contributed by atoms with E-state index < -0.39 is 12.0 Å². The number of carbonyl (C=O) groups excluding carboxylic acids is 1. The summed E-state index contributed by atoms with van der Waals surface area (Å²) in [6.45, 7) is 2.40. The third-order valence-corrected chi connectivity index (χ3v) is 7.14. The molecule has 0 radical (unpaired) electrons. The lowest BCUT2D eigenvalue weighted by molar-refractivity contribution is -0.116. The van der Waals surface area contributed by atoms with Crippen LogP contribution in [0.5, 0.6) is 0 Å². The molecule has 9 heteroatoms. The van der Waals surface area contributed by atoms with Crippen LogP contribution in [0.25, 0.3) is 11.3 Å². The number of anilines is 1. The highest BCUT2D eigenvalue weighted by atomic mass is 32.1. The lowest BCUT2D eigenvalue weighted by Crippen LogP contribution is -2.32. The van der Waals surface area contributed by atoms with E-state index in [0.717, 1.165) is 23.4 Å². The summed E-state index contributed by atoms with van der Waals surface area (Å²) in [5.41, 5.74) is 3.29. The van der Waals surface area contributed by atoms with E-state index >= 15 is 0 Å². The van der Waals surface area contributed by atoms with E-state index in [4.69, 9.17) is 16.6 Å². The molecule has 2 aromatic heterocycles. The summed E-state index contributed by atoms with van der Waals surface area (Å²) < 4.78 is 6.27. The molecule has 3 heterocycles. The van der Waals surface area contributed by atoms with Crippen molar-refractivity contribution < 1.29 is 19.1 Å². The minimum atomic E-state index is -1.03. The third-order valence-electron chi connectivity index (χ3n) is 6.79. The molecule has 2 atom stereocenters. The Kier molecular flexibility index (Phi) is 7.69. The number of aromatic carboxylic acids is 1. The first kappa shape index (κ1) is 26.1. The number of benzene rings is 2. The second kappa shape index (κ2) is 11.5. The van der Waals surface area contributed by atoms with Crippen LogP contribution in [0.1, 0.15) is 52.8 Å². The smallest absolute Gasteiger partial charge is 0.336 e. The van der Waals surface area contributed by atoms with Crippen LogP contribution >= 0.6 is 12.2 Å². The number of hydrogen-bond acceptors (Lipinski definition) is 5. The number of rotatable bonds is 9. The van der Waals surface area contributed by atoms with Crippen LogP contribution in [-0.4, -0.2) is 38.5 Å². The zero-order chi connectivity index (χ0) is 27.4. The summed E-state index contributed by atoms with van der Waals surface area (Å²) >= 11 is 5.71. The number of aryl methyl sites for hydroxylation is 1. The van der Waals surface area contributed by atoms with E-state index in [0.29, 0.717) is 28.7 Å². The zero-order valence-electron chi connectivity index (χ0n) is 21.3. The van der Waals surface area contributed by atoms with Crippen LogP contribution in [-0.2, 0) is 11.2 Å². The molecule has 39 heavy (non-hydrogen) atoms. The molecule has 0 saturated carbocycles. The standard InChI is InChI=1S/C30H28N4O4S/c1-2-19-9-3-6-12-22(19)32-26(35)16-18-34-28(27(33-30(34)39)23-13-7-8-17-31-23)25-15-14-24(38-25)20-10-4-5-11-21(20)29(36)37/h3-15,17,27-28H,2,16,18H2,1H3,(H,32,35)(H,33,39)(H,36,37)/t27-,28-/m0/s1. The molecular weight excluding hydrogens is 512 g/mol. The summed E-state index contributed by atoms with van der Waals surface area (Å²) in [6, 6.07) is 23.0. The van der Waals surface area contributed by atoms with E-state index in [2.05, 4.69) is 15.6 Å². The molecule has 0 unspecified atom stereocenters. The van der Waals surface area contributed by atoms with Gasteiger partial charge >= 0.3 is 5.97 Å². The minimum Gasteiger partial charge on any atom is -0.478 e. The van der Waals surface area contributed by atoms with Gasteiger partial charge in [-0.2, -0.15) is 0 Å². The maximum atomic E-state index is 12.9. The molecular formula is C30H28N4O4S. The Morgan fingerprint density at radius 1 is 1.05 bits per heavy atom. The Bertz CT molecular complexity index is 1500. The predicted octanol–water partition coefficient (Wildman–Crippen LogP) is 5.60. The first-order chi connectivity index (χ1) is 19.0. The molecule has 0 spiro atoms. The number of hydrogen-bond donors (Lipinski definition) is 3. The topological polar surface area (TPSA) is 108 Å². The summed E-state index contributed by atoms with van der Waals surface area (Å²) in [5, 5.41) is 16.5. The van der Waals surface area contributed by atoms with Gasteiger partial charge in [-0.15, -0.1) is 0 Å². The Hall–Kier alpha value is -4.50. The van der Waals surface area contributed by atoms with Gasteiger partial charge in [0.1, 0.15) is 17.6 Å². The predicted molar refractivity (Wildman–Crippen MR) is 152 cm³/mol. The van der Waals surface area contributed by atoms with E-state index in [9.17, 15) is 14.7 Å². The van der Waals surface area contributed by atoms with Crippen molar-refractivity contribution in [2.75, 3.05) is 11.9 Å². The maximum Gasteiger partial charge on any atom is 0.336 e. The lowest BCUT2D eigenvalue weighted by Gasteiger charge is -2.26. The van der Waals surface area contributed by atoms with E-state index in [1.54, 1.807) is 36.5 Å². The molecule has 0 aliphatic carbocycles. The summed E-state index contributed by atoms with van der Waals surface area (Å²) in [6.07, 6.45) is 2.74. The van der Waals surface area contributed by atoms with Gasteiger partial charge in [-0.1, -0.05) is 49.4 Å². The van der Waals surface area contributed by atoms with Crippen molar-refractivity contribution in [3.05, 3.63) is 108 Å². The van der Waals surface area contributed by atoms with Crippen molar-refractivity contribution in [2.24, 2.45) is 0 Å². The quantitative estimate of drug-likeness (QED) is 0.235. The summed E-state index contributed by atoms with van der Waals surface area (Å²) in [4.78, 5) is 31.2. The molecule has 1 aliphatic rings. The average Bonchev–Trinajstić information content (AvgIpc) is 3.57. The van der Waals surface area contributed by atoms with Gasteiger partial charge in [0.25, 0.3) is 0 Å². The molecule has 3 N–H and O–H groups in total. The first-order valence-electron chi connectivity index (χ1n) is 12.7. The second-order valence-electron chi connectivity index (χ2n) is 9.18. The Labute approximate surface area is 231 Å². The fourth-order valence-electron chi connectivity index (χ4n) is 4.88. The number of aromatic nitrogens is 1. The molecule has 1 amide bonds. The van der Waals surface area contributed by atoms with Crippen LogP contribution in [0, 0.1) is 0 Å². The highest BCUT2D eigenvalue weighted by Gasteiger charge is 2.41. The number of carboxylic acid groups (broad SMARTS) is 1. The molecule has 0 bridgehead atoms. The normalized spacial score (nSPS) is 16.6. The number of nitrogens with one attached hydrogen (secondary N) is 2. The van der Waals surface area contributed by atoms with Gasteiger partial charge in [0.05, 0.1) is 17.3 Å². The largest absolute Gasteiger partial charge is 0.478 e. The van der Waals surface area contributed by atoms with Gasteiger partial charge in [-0.05, 0) is 60.6 Å². The first-order valence-corrected chi connectivity index (χ1v) is 13.1. The molecule has 1 aliphatic heterocycles. The number of carboxylic acids is 1. The van der Waals surface area contributed by atoms with Crippen molar-refractivity contribution in [3.63, 3.8) is 0 Å². The van der Waals surface area contributed by atoms with Crippen molar-refractivity contribution >= 4 is 34.9 Å². The van der Waals surface area contributed by atoms with Gasteiger partial charge in [-0.3, -0.25) is 9.78 Å². The van der Waals surface area contributed by atoms with Crippen LogP contribution in [0.15, 0.2) is 89.5 Å². The number of thiocarbonyl (C=S) groups is 1. The SMILES string of the molecule is CCc1ccccc1NC(=O)CCN1C(=S)N[C@@H](c2ccccn2)[C@@H]1c1ccc(-c2ccccc2C(=O)O)o1. The number of furan rings is 1. The van der Waals surface area contributed by atoms with Crippen molar-refractivity contribution in [3.8, 4) is 11.3 Å². The van der Waals surface area contributed by atoms with E-state index in [1.165, 1.54) is 0 Å². The molecule has 8 nitrogen and oxygen atoms in total. The van der Waals surface area contributed by atoms with Crippen LogP contribution in [0.2, 0.25) is 0 Å². The molecule has 1 saturated heterocycles. The van der Waals surface area contributed by atoms with Crippen molar-refractivity contribution in [2.45, 2.75) is 31.8 Å². The highest BCUT2D eigenvalue weighted by molar-refractivity contribution is 7.80. The Morgan fingerprint density at radius 2 is 1.82 bits per heavy atom. The van der Waals surface area contributed by atoms with Gasteiger partial charge < -0.3 is 25.1 Å². The molecule has 1 fully saturated rings. The summed E-state index contributed by atoms with van der Waals surface area (Å²) in [7, 11) is 0. The van der Waals surface area contributed by atoms with Gasteiger partial charge in [0.15, 0.2) is 5.11 Å². The molecule has 198 valence electrons. The van der Waals surface area contributed by atoms with Gasteiger partial charge in [0, 0.05) is 30.4 Å². The van der Waals surface area contributed by atoms with E-state index in [-0.39, 0.29) is 23.9 Å². The maximum absolute atomic E-state index is 12.9. The van der Waals surface area contributed by atoms with Crippen LogP contribution in [0.4, 0.5) is 5.69 Å². The number of carbonyl (C=O) groups is 2.